The van der Waals surface area contributed by atoms with Crippen LogP contribution in [0, 0.1) is 0 Å². The van der Waals surface area contributed by atoms with Gasteiger partial charge in [0.25, 0.3) is 0 Å². The Morgan fingerprint density at radius 2 is 0.537 bits per heavy atom. The highest BCUT2D eigenvalue weighted by Gasteiger charge is 2.15. The van der Waals surface area contributed by atoms with Crippen molar-refractivity contribution in [1.29, 1.82) is 0 Å². The largest absolute Gasteiger partial charge is 0.228 e. The molecule has 10 rings (SSSR count). The molecule has 0 aliphatic heterocycles. The quantitative estimate of drug-likeness (QED) is 0.163. The van der Waals surface area contributed by atoms with Crippen LogP contribution < -0.4 is 0 Å². The summed E-state index contributed by atoms with van der Waals surface area (Å²) in [6, 6.07) is 73.5. The molecule has 2 nitrogen and oxygen atoms in total. The standard InChI is InChI=1S/C52H34N2/c1-5-14-35(15-6-1)40-24-27-44-45-28-26-42(33-48(45)49-32-41(36-16-7-2-8-17-36)25-29-46(49)47(44)31-40)39-22-13-23-43(30-39)52-53-50(37-18-9-3-10-19-37)34-51(54-52)38-20-11-4-12-21-38/h1-34H. The maximum absolute atomic E-state index is 5.12. The fraction of sp³-hybridized carbons (Fsp3) is 0. The molecule has 1 heterocycles. The Hall–Kier alpha value is -7.16. The molecule has 0 bridgehead atoms. The first-order chi connectivity index (χ1) is 26.7. The minimum absolute atomic E-state index is 0.705. The van der Waals surface area contributed by atoms with Crippen LogP contribution >= 0.6 is 0 Å². The summed E-state index contributed by atoms with van der Waals surface area (Å²) in [5, 5.41) is 7.49. The topological polar surface area (TPSA) is 25.8 Å². The Labute approximate surface area is 314 Å². The van der Waals surface area contributed by atoms with Crippen molar-refractivity contribution in [3.05, 3.63) is 206 Å². The van der Waals surface area contributed by atoms with Crippen molar-refractivity contribution in [1.82, 2.24) is 9.97 Å². The van der Waals surface area contributed by atoms with Gasteiger partial charge < -0.3 is 0 Å². The summed E-state index contributed by atoms with van der Waals surface area (Å²) in [6.07, 6.45) is 0. The third-order valence-corrected chi connectivity index (χ3v) is 10.5. The van der Waals surface area contributed by atoms with Gasteiger partial charge in [0, 0.05) is 16.7 Å². The Morgan fingerprint density at radius 1 is 0.204 bits per heavy atom. The lowest BCUT2D eigenvalue weighted by Gasteiger charge is -2.15. The molecule has 0 aliphatic rings. The van der Waals surface area contributed by atoms with E-state index in [1.54, 1.807) is 0 Å². The number of benzene rings is 9. The maximum Gasteiger partial charge on any atom is 0.160 e. The summed E-state index contributed by atoms with van der Waals surface area (Å²) in [5.41, 5.74) is 12.0. The summed E-state index contributed by atoms with van der Waals surface area (Å²) >= 11 is 0. The summed E-state index contributed by atoms with van der Waals surface area (Å²) < 4.78 is 0. The molecule has 2 heteroatoms. The van der Waals surface area contributed by atoms with Gasteiger partial charge in [0.15, 0.2) is 5.82 Å². The van der Waals surface area contributed by atoms with Crippen molar-refractivity contribution in [3.8, 4) is 67.3 Å². The Morgan fingerprint density at radius 3 is 1.00 bits per heavy atom. The SMILES string of the molecule is c1ccc(-c2ccc3c4ccc(-c5cccc(-c6nc(-c7ccccc7)cc(-c7ccccc7)n6)c5)cc4c4cc(-c5ccccc5)ccc4c3c2)cc1. The van der Waals surface area contributed by atoms with Crippen molar-refractivity contribution >= 4 is 32.3 Å². The van der Waals surface area contributed by atoms with Gasteiger partial charge in [-0.2, -0.15) is 0 Å². The Bertz CT molecular complexity index is 2900. The highest BCUT2D eigenvalue weighted by atomic mass is 14.9. The van der Waals surface area contributed by atoms with Crippen molar-refractivity contribution in [2.75, 3.05) is 0 Å². The van der Waals surface area contributed by atoms with E-state index in [4.69, 9.17) is 9.97 Å². The first-order valence-corrected chi connectivity index (χ1v) is 18.4. The lowest BCUT2D eigenvalue weighted by molar-refractivity contribution is 1.18. The minimum atomic E-state index is 0.705. The lowest BCUT2D eigenvalue weighted by Crippen LogP contribution is -1.96. The molecule has 0 aliphatic carbocycles. The molecule has 0 radical (unpaired) electrons. The molecular formula is C52H34N2. The van der Waals surface area contributed by atoms with E-state index in [2.05, 4.69) is 194 Å². The van der Waals surface area contributed by atoms with Gasteiger partial charge in [0.05, 0.1) is 11.4 Å². The molecule has 0 spiro atoms. The van der Waals surface area contributed by atoms with Gasteiger partial charge in [-0.15, -0.1) is 0 Å². The van der Waals surface area contributed by atoms with E-state index < -0.39 is 0 Å². The number of fused-ring (bicyclic) bond motifs is 6. The Kier molecular flexibility index (Phi) is 7.85. The predicted octanol–water partition coefficient (Wildman–Crippen LogP) is 13.9. The van der Waals surface area contributed by atoms with Crippen molar-refractivity contribution in [2.24, 2.45) is 0 Å². The maximum atomic E-state index is 5.12. The predicted molar refractivity (Wildman–Crippen MR) is 227 cm³/mol. The van der Waals surface area contributed by atoms with Crippen LogP contribution in [-0.4, -0.2) is 9.97 Å². The molecule has 0 unspecified atom stereocenters. The molecule has 1 aromatic heterocycles. The molecule has 9 aromatic carbocycles. The first kappa shape index (κ1) is 31.6. The zero-order valence-electron chi connectivity index (χ0n) is 29.5. The van der Waals surface area contributed by atoms with Gasteiger partial charge in [0.1, 0.15) is 0 Å². The van der Waals surface area contributed by atoms with Crippen LogP contribution in [0.25, 0.3) is 99.6 Å². The third-order valence-electron chi connectivity index (χ3n) is 10.5. The van der Waals surface area contributed by atoms with Crippen LogP contribution in [0.3, 0.4) is 0 Å². The van der Waals surface area contributed by atoms with Crippen LogP contribution in [0.2, 0.25) is 0 Å². The lowest BCUT2D eigenvalue weighted by atomic mass is 9.89. The molecular weight excluding hydrogens is 653 g/mol. The fourth-order valence-corrected chi connectivity index (χ4v) is 7.73. The average Bonchev–Trinajstić information content (AvgIpc) is 3.27. The molecule has 54 heavy (non-hydrogen) atoms. The van der Waals surface area contributed by atoms with E-state index in [0.29, 0.717) is 5.82 Å². The van der Waals surface area contributed by atoms with E-state index in [0.717, 1.165) is 39.2 Å². The third kappa shape index (κ3) is 5.81. The smallest absolute Gasteiger partial charge is 0.160 e. The molecule has 0 fully saturated rings. The van der Waals surface area contributed by atoms with Gasteiger partial charge in [-0.3, -0.25) is 0 Å². The molecule has 0 N–H and O–H groups in total. The van der Waals surface area contributed by atoms with Crippen LogP contribution in [0.1, 0.15) is 0 Å². The zero-order chi connectivity index (χ0) is 35.8. The molecule has 252 valence electrons. The molecule has 10 aromatic rings. The number of nitrogens with zero attached hydrogens (tertiary/aromatic N) is 2. The van der Waals surface area contributed by atoms with E-state index in [1.807, 2.05) is 12.1 Å². The molecule has 0 saturated heterocycles. The minimum Gasteiger partial charge on any atom is -0.228 e. The fourth-order valence-electron chi connectivity index (χ4n) is 7.73. The van der Waals surface area contributed by atoms with Crippen molar-refractivity contribution < 1.29 is 0 Å². The van der Waals surface area contributed by atoms with Gasteiger partial charge in [0.2, 0.25) is 0 Å². The van der Waals surface area contributed by atoms with E-state index in [-0.39, 0.29) is 0 Å². The van der Waals surface area contributed by atoms with Gasteiger partial charge in [-0.1, -0.05) is 176 Å². The highest BCUT2D eigenvalue weighted by molar-refractivity contribution is 6.26. The second kappa shape index (κ2) is 13.4. The van der Waals surface area contributed by atoms with Gasteiger partial charge in [-0.05, 0) is 96.0 Å². The van der Waals surface area contributed by atoms with Crippen LogP contribution in [0.4, 0.5) is 0 Å². The monoisotopic (exact) mass is 686 g/mol. The second-order valence-corrected chi connectivity index (χ2v) is 13.8. The number of rotatable bonds is 6. The average molecular weight is 687 g/mol. The zero-order valence-corrected chi connectivity index (χ0v) is 29.5. The summed E-state index contributed by atoms with van der Waals surface area (Å²) in [7, 11) is 0. The number of hydrogen-bond donors (Lipinski definition) is 0. The van der Waals surface area contributed by atoms with Crippen molar-refractivity contribution in [3.63, 3.8) is 0 Å². The summed E-state index contributed by atoms with van der Waals surface area (Å²) in [6.45, 7) is 0. The number of hydrogen-bond acceptors (Lipinski definition) is 2. The van der Waals surface area contributed by atoms with Gasteiger partial charge >= 0.3 is 0 Å². The number of aromatic nitrogens is 2. The van der Waals surface area contributed by atoms with E-state index in [1.165, 1.54) is 54.6 Å². The van der Waals surface area contributed by atoms with E-state index >= 15 is 0 Å². The normalized spacial score (nSPS) is 11.3. The summed E-state index contributed by atoms with van der Waals surface area (Å²) in [5.74, 6) is 0.705. The second-order valence-electron chi connectivity index (χ2n) is 13.8. The first-order valence-electron chi connectivity index (χ1n) is 18.4. The molecule has 0 atom stereocenters. The van der Waals surface area contributed by atoms with Gasteiger partial charge in [-0.25, -0.2) is 9.97 Å². The van der Waals surface area contributed by atoms with E-state index in [9.17, 15) is 0 Å². The summed E-state index contributed by atoms with van der Waals surface area (Å²) in [4.78, 5) is 10.2. The van der Waals surface area contributed by atoms with Crippen LogP contribution in [0.5, 0.6) is 0 Å². The molecule has 0 saturated carbocycles. The van der Waals surface area contributed by atoms with Crippen molar-refractivity contribution in [2.45, 2.75) is 0 Å². The highest BCUT2D eigenvalue weighted by Crippen LogP contribution is 2.41. The Balaban J connectivity index is 1.15. The van der Waals surface area contributed by atoms with Crippen LogP contribution in [-0.2, 0) is 0 Å². The molecule has 0 amide bonds. The van der Waals surface area contributed by atoms with Crippen LogP contribution in [0.15, 0.2) is 206 Å².